The van der Waals surface area contributed by atoms with Crippen molar-refractivity contribution in [2.75, 3.05) is 0 Å². The fourth-order valence-corrected chi connectivity index (χ4v) is 5.46. The topological polar surface area (TPSA) is 43.1 Å². The van der Waals surface area contributed by atoms with E-state index >= 15 is 0 Å². The van der Waals surface area contributed by atoms with E-state index in [1.807, 2.05) is 16.8 Å². The first kappa shape index (κ1) is 20.1. The van der Waals surface area contributed by atoms with Crippen molar-refractivity contribution in [2.24, 2.45) is 0 Å². The van der Waals surface area contributed by atoms with Crippen LogP contribution < -0.4 is 0 Å². The molecular formula is C33H20N4. The quantitative estimate of drug-likeness (QED) is 0.239. The Morgan fingerprint density at radius 1 is 0.568 bits per heavy atom. The van der Waals surface area contributed by atoms with Crippen molar-refractivity contribution in [3.8, 4) is 22.5 Å². The third-order valence-electron chi connectivity index (χ3n) is 7.24. The second-order valence-electron chi connectivity index (χ2n) is 9.38. The molecule has 4 heteroatoms. The summed E-state index contributed by atoms with van der Waals surface area (Å²) in [5.74, 6) is 0. The molecule has 37 heavy (non-hydrogen) atoms. The zero-order valence-corrected chi connectivity index (χ0v) is 19.8. The number of benzene rings is 4. The van der Waals surface area contributed by atoms with Crippen LogP contribution in [0.4, 0.5) is 0 Å². The number of rotatable bonds is 2. The number of hydrogen-bond donors (Lipinski definition) is 0. The van der Waals surface area contributed by atoms with Gasteiger partial charge in [0.05, 0.1) is 33.5 Å². The molecule has 0 aliphatic rings. The molecule has 0 amide bonds. The molecule has 4 heterocycles. The van der Waals surface area contributed by atoms with E-state index in [0.717, 1.165) is 55.2 Å². The van der Waals surface area contributed by atoms with Gasteiger partial charge in [-0.2, -0.15) is 5.10 Å². The van der Waals surface area contributed by atoms with E-state index in [4.69, 9.17) is 10.1 Å². The Hall–Kier alpha value is -5.09. The number of hydrogen-bond acceptors (Lipinski definition) is 3. The largest absolute Gasteiger partial charge is 0.254 e. The van der Waals surface area contributed by atoms with Crippen molar-refractivity contribution in [3.63, 3.8) is 0 Å². The third kappa shape index (κ3) is 3.06. The van der Waals surface area contributed by atoms with Gasteiger partial charge in [-0.25, -0.2) is 9.50 Å². The molecule has 0 aliphatic heterocycles. The number of aromatic nitrogens is 4. The van der Waals surface area contributed by atoms with Crippen molar-refractivity contribution in [2.45, 2.75) is 0 Å². The van der Waals surface area contributed by atoms with Crippen LogP contribution in [0.25, 0.3) is 71.5 Å². The Labute approximate surface area is 212 Å². The van der Waals surface area contributed by atoms with Crippen LogP contribution in [0, 0.1) is 0 Å². The molecule has 0 radical (unpaired) electrons. The smallest absolute Gasteiger partial charge is 0.0972 e. The van der Waals surface area contributed by atoms with Crippen molar-refractivity contribution in [1.29, 1.82) is 0 Å². The standard InChI is InChI=1S/C33H20N4/c1-2-9-25-21(6-1)7-3-10-26(25)24-15-17-27-29(20-24)36-37-30(27)11-4-12-31(37)28-18-16-23-14-13-22-8-5-19-34-32(22)33(23)35-28/h1-20H. The molecule has 8 rings (SSSR count). The van der Waals surface area contributed by atoms with Crippen LogP contribution in [0.2, 0.25) is 0 Å². The van der Waals surface area contributed by atoms with Gasteiger partial charge in [0, 0.05) is 22.4 Å². The van der Waals surface area contributed by atoms with E-state index in [-0.39, 0.29) is 0 Å². The van der Waals surface area contributed by atoms with Gasteiger partial charge in [-0.1, -0.05) is 78.9 Å². The summed E-state index contributed by atoms with van der Waals surface area (Å²) >= 11 is 0. The molecule has 0 spiro atoms. The molecule has 0 atom stereocenters. The zero-order valence-electron chi connectivity index (χ0n) is 19.8. The van der Waals surface area contributed by atoms with Crippen LogP contribution in [-0.2, 0) is 0 Å². The van der Waals surface area contributed by atoms with E-state index in [9.17, 15) is 0 Å². The summed E-state index contributed by atoms with van der Waals surface area (Å²) < 4.78 is 2.02. The number of fused-ring (bicyclic) bond motifs is 7. The zero-order chi connectivity index (χ0) is 24.3. The van der Waals surface area contributed by atoms with Crippen molar-refractivity contribution < 1.29 is 0 Å². The van der Waals surface area contributed by atoms with Crippen LogP contribution in [0.3, 0.4) is 0 Å². The Morgan fingerprint density at radius 3 is 2.35 bits per heavy atom. The first-order valence-corrected chi connectivity index (χ1v) is 12.4. The van der Waals surface area contributed by atoms with Crippen LogP contribution in [0.1, 0.15) is 0 Å². The molecule has 0 unspecified atom stereocenters. The highest BCUT2D eigenvalue weighted by atomic mass is 15.2. The van der Waals surface area contributed by atoms with Gasteiger partial charge in [0.15, 0.2) is 0 Å². The van der Waals surface area contributed by atoms with E-state index in [1.54, 1.807) is 0 Å². The summed E-state index contributed by atoms with van der Waals surface area (Å²) in [7, 11) is 0. The van der Waals surface area contributed by atoms with E-state index in [1.165, 1.54) is 16.3 Å². The fraction of sp³-hybridized carbons (Fsp3) is 0. The predicted molar refractivity (Wildman–Crippen MR) is 152 cm³/mol. The average molecular weight is 473 g/mol. The summed E-state index contributed by atoms with van der Waals surface area (Å²) in [5.41, 5.74) is 8.06. The second kappa shape index (κ2) is 7.70. The second-order valence-corrected chi connectivity index (χ2v) is 9.38. The lowest BCUT2D eigenvalue weighted by Gasteiger charge is -2.07. The van der Waals surface area contributed by atoms with Gasteiger partial charge in [-0.3, -0.25) is 4.98 Å². The minimum atomic E-state index is 0.873. The Bertz CT molecular complexity index is 2150. The molecule has 0 fully saturated rings. The molecule has 4 aromatic carbocycles. The van der Waals surface area contributed by atoms with Gasteiger partial charge in [-0.05, 0) is 58.3 Å². The molecule has 4 aromatic heterocycles. The fourth-order valence-electron chi connectivity index (χ4n) is 5.46. The van der Waals surface area contributed by atoms with Gasteiger partial charge in [0.1, 0.15) is 0 Å². The van der Waals surface area contributed by atoms with Crippen molar-refractivity contribution >= 4 is 49.0 Å². The first-order chi connectivity index (χ1) is 18.3. The maximum absolute atomic E-state index is 5.07. The van der Waals surface area contributed by atoms with Crippen LogP contribution in [0.15, 0.2) is 121 Å². The first-order valence-electron chi connectivity index (χ1n) is 12.4. The van der Waals surface area contributed by atoms with Crippen LogP contribution >= 0.6 is 0 Å². The SMILES string of the molecule is c1ccc2c(-c3ccc4c(c3)nn3c(-c5ccc6ccc7cccnc7c6n5)cccc43)cccc2c1. The lowest BCUT2D eigenvalue weighted by Crippen LogP contribution is -1.96. The van der Waals surface area contributed by atoms with Crippen LogP contribution in [-0.4, -0.2) is 19.6 Å². The van der Waals surface area contributed by atoms with E-state index < -0.39 is 0 Å². The lowest BCUT2D eigenvalue weighted by molar-refractivity contribution is 0.984. The van der Waals surface area contributed by atoms with E-state index in [2.05, 4.69) is 114 Å². The summed E-state index contributed by atoms with van der Waals surface area (Å²) in [6.45, 7) is 0. The summed E-state index contributed by atoms with van der Waals surface area (Å²) in [4.78, 5) is 9.69. The number of nitrogens with zero attached hydrogens (tertiary/aromatic N) is 4. The van der Waals surface area contributed by atoms with Gasteiger partial charge in [0.25, 0.3) is 0 Å². The maximum Gasteiger partial charge on any atom is 0.0972 e. The Morgan fingerprint density at radius 2 is 1.38 bits per heavy atom. The molecule has 0 saturated heterocycles. The van der Waals surface area contributed by atoms with E-state index in [0.29, 0.717) is 0 Å². The highest BCUT2D eigenvalue weighted by Gasteiger charge is 2.13. The third-order valence-corrected chi connectivity index (χ3v) is 7.24. The van der Waals surface area contributed by atoms with Gasteiger partial charge < -0.3 is 0 Å². The molecule has 0 N–H and O–H groups in total. The molecule has 4 nitrogen and oxygen atoms in total. The molecular weight excluding hydrogens is 452 g/mol. The predicted octanol–water partition coefficient (Wildman–Crippen LogP) is 8.07. The lowest BCUT2D eigenvalue weighted by atomic mass is 9.97. The molecule has 0 aliphatic carbocycles. The molecule has 8 aromatic rings. The minimum absolute atomic E-state index is 0.873. The van der Waals surface area contributed by atoms with Crippen LogP contribution in [0.5, 0.6) is 0 Å². The normalized spacial score (nSPS) is 11.8. The Balaban J connectivity index is 1.34. The van der Waals surface area contributed by atoms with Crippen molar-refractivity contribution in [1.82, 2.24) is 19.6 Å². The average Bonchev–Trinajstić information content (AvgIpc) is 3.34. The Kier molecular flexibility index (Phi) is 4.19. The molecule has 0 bridgehead atoms. The highest BCUT2D eigenvalue weighted by Crippen LogP contribution is 2.33. The van der Waals surface area contributed by atoms with Crippen molar-refractivity contribution in [3.05, 3.63) is 121 Å². The monoisotopic (exact) mass is 472 g/mol. The highest BCUT2D eigenvalue weighted by molar-refractivity contribution is 6.04. The minimum Gasteiger partial charge on any atom is -0.254 e. The molecule has 0 saturated carbocycles. The maximum atomic E-state index is 5.07. The molecule has 172 valence electrons. The van der Waals surface area contributed by atoms with Gasteiger partial charge in [-0.15, -0.1) is 0 Å². The van der Waals surface area contributed by atoms with Gasteiger partial charge >= 0.3 is 0 Å². The summed E-state index contributed by atoms with van der Waals surface area (Å²) in [6, 6.07) is 40.3. The van der Waals surface area contributed by atoms with Gasteiger partial charge in [0.2, 0.25) is 0 Å². The number of pyridine rings is 3. The summed E-state index contributed by atoms with van der Waals surface area (Å²) in [6.07, 6.45) is 1.82. The summed E-state index contributed by atoms with van der Waals surface area (Å²) in [5, 5.41) is 10.8.